The summed E-state index contributed by atoms with van der Waals surface area (Å²) in [5.74, 6) is 0. The van der Waals surface area contributed by atoms with E-state index in [0.717, 1.165) is 6.07 Å². The fourth-order valence-corrected chi connectivity index (χ4v) is 2.63. The number of pyridine rings is 1. The molecule has 27 heavy (non-hydrogen) atoms. The molecule has 2 N–H and O–H groups in total. The Labute approximate surface area is 157 Å². The molecule has 1 unspecified atom stereocenters. The van der Waals surface area contributed by atoms with Crippen LogP contribution in [0.2, 0.25) is 5.15 Å². The third-order valence-electron chi connectivity index (χ3n) is 3.74. The van der Waals surface area contributed by atoms with Crippen LogP contribution in [0.25, 0.3) is 5.65 Å². The Balaban J connectivity index is 1.87. The van der Waals surface area contributed by atoms with Crippen molar-refractivity contribution in [3.8, 4) is 0 Å². The highest BCUT2D eigenvalue weighted by molar-refractivity contribution is 6.29. The van der Waals surface area contributed by atoms with Gasteiger partial charge in [-0.1, -0.05) is 11.6 Å². The summed E-state index contributed by atoms with van der Waals surface area (Å²) < 4.78 is 32.3. The van der Waals surface area contributed by atoms with Crippen LogP contribution in [0.5, 0.6) is 0 Å². The Morgan fingerprint density at radius 1 is 1.30 bits per heavy atom. The molecule has 3 aromatic rings. The van der Waals surface area contributed by atoms with Crippen LogP contribution in [0.4, 0.5) is 25.0 Å². The van der Waals surface area contributed by atoms with Gasteiger partial charge in [0.2, 0.25) is 0 Å². The number of nitrogens with zero attached hydrogens (tertiary/aromatic N) is 4. The summed E-state index contributed by atoms with van der Waals surface area (Å²) in [4.78, 5) is 20.0. The number of fused-ring (bicyclic) bond motifs is 1. The first kappa shape index (κ1) is 18.9. The lowest BCUT2D eigenvalue weighted by Crippen LogP contribution is -2.22. The van der Waals surface area contributed by atoms with Crippen molar-refractivity contribution in [3.05, 3.63) is 47.1 Å². The third-order valence-corrected chi connectivity index (χ3v) is 3.92. The molecule has 142 valence electrons. The monoisotopic (exact) mass is 396 g/mol. The molecule has 1 atom stereocenters. The number of carbonyl (C=O) groups is 1. The van der Waals surface area contributed by atoms with Gasteiger partial charge < -0.3 is 15.4 Å². The van der Waals surface area contributed by atoms with Crippen molar-refractivity contribution in [2.24, 2.45) is 0 Å². The number of urea groups is 1. The summed E-state index contributed by atoms with van der Waals surface area (Å²) in [5, 5.41) is 9.48. The molecule has 3 heterocycles. The number of nitrogens with one attached hydrogen (secondary N) is 2. The van der Waals surface area contributed by atoms with E-state index < -0.39 is 24.3 Å². The third kappa shape index (κ3) is 4.12. The van der Waals surface area contributed by atoms with Crippen LogP contribution in [0.3, 0.4) is 0 Å². The fraction of sp³-hybridized carbons (Fsp3) is 0.250. The van der Waals surface area contributed by atoms with Crippen molar-refractivity contribution >= 4 is 34.7 Å². The Kier molecular flexibility index (Phi) is 5.47. The molecule has 0 fully saturated rings. The molecule has 11 heteroatoms. The lowest BCUT2D eigenvalue weighted by Gasteiger charge is -2.17. The zero-order valence-electron chi connectivity index (χ0n) is 14.3. The first-order chi connectivity index (χ1) is 12.9. The van der Waals surface area contributed by atoms with E-state index in [-0.39, 0.29) is 10.8 Å². The van der Waals surface area contributed by atoms with Gasteiger partial charge >= 0.3 is 6.03 Å². The first-order valence-corrected chi connectivity index (χ1v) is 8.16. The maximum atomic E-state index is 12.7. The summed E-state index contributed by atoms with van der Waals surface area (Å²) in [6.07, 6.45) is -0.544. The molecule has 0 aromatic carbocycles. The average molecular weight is 397 g/mol. The number of anilines is 2. The van der Waals surface area contributed by atoms with Crippen LogP contribution < -0.4 is 10.6 Å². The Morgan fingerprint density at radius 3 is 2.78 bits per heavy atom. The van der Waals surface area contributed by atoms with Gasteiger partial charge in [0, 0.05) is 25.1 Å². The van der Waals surface area contributed by atoms with Gasteiger partial charge in [0.25, 0.3) is 6.43 Å². The summed E-state index contributed by atoms with van der Waals surface area (Å²) in [6, 6.07) is 3.42. The van der Waals surface area contributed by atoms with Crippen LogP contribution in [0, 0.1) is 0 Å². The van der Waals surface area contributed by atoms with E-state index >= 15 is 0 Å². The quantitative estimate of drug-likeness (QED) is 0.678. The number of rotatable bonds is 5. The van der Waals surface area contributed by atoms with Gasteiger partial charge in [0.05, 0.1) is 23.7 Å². The number of methoxy groups -OCH3 is 1. The maximum absolute atomic E-state index is 12.7. The van der Waals surface area contributed by atoms with Crippen molar-refractivity contribution in [1.29, 1.82) is 0 Å². The van der Waals surface area contributed by atoms with Gasteiger partial charge in [-0.25, -0.2) is 23.1 Å². The molecule has 0 aliphatic heterocycles. The number of amides is 2. The van der Waals surface area contributed by atoms with E-state index in [1.807, 2.05) is 0 Å². The lowest BCUT2D eigenvalue weighted by molar-refractivity contribution is 0.114. The Bertz CT molecular complexity index is 981. The smallest absolute Gasteiger partial charge is 0.323 e. The summed E-state index contributed by atoms with van der Waals surface area (Å²) >= 11 is 5.93. The highest BCUT2D eigenvalue weighted by atomic mass is 35.5. The Hall–Kier alpha value is -2.85. The van der Waals surface area contributed by atoms with Crippen molar-refractivity contribution in [2.75, 3.05) is 17.7 Å². The molecule has 0 bridgehead atoms. The Morgan fingerprint density at radius 2 is 2.07 bits per heavy atom. The van der Waals surface area contributed by atoms with Crippen molar-refractivity contribution in [1.82, 2.24) is 19.6 Å². The minimum absolute atomic E-state index is 0.176. The van der Waals surface area contributed by atoms with Crippen LogP contribution in [-0.4, -0.2) is 32.7 Å². The molecule has 3 rings (SSSR count). The molecule has 8 nitrogen and oxygen atoms in total. The number of hydrogen-bond donors (Lipinski definition) is 2. The highest BCUT2D eigenvalue weighted by Crippen LogP contribution is 2.26. The first-order valence-electron chi connectivity index (χ1n) is 7.78. The van der Waals surface area contributed by atoms with E-state index in [9.17, 15) is 13.6 Å². The molecule has 0 aliphatic rings. The van der Waals surface area contributed by atoms with E-state index in [4.69, 9.17) is 16.3 Å². The lowest BCUT2D eigenvalue weighted by atomic mass is 10.2. The number of carbonyl (C=O) groups excluding carboxylic acids is 1. The molecule has 0 saturated carbocycles. The number of hydrogen-bond acceptors (Lipinski definition) is 5. The minimum Gasteiger partial charge on any atom is -0.375 e. The summed E-state index contributed by atoms with van der Waals surface area (Å²) in [7, 11) is 1.51. The number of alkyl halides is 2. The van der Waals surface area contributed by atoms with Crippen molar-refractivity contribution in [3.63, 3.8) is 0 Å². The van der Waals surface area contributed by atoms with Gasteiger partial charge in [-0.2, -0.15) is 5.10 Å². The maximum Gasteiger partial charge on any atom is 0.323 e. The molecule has 0 radical (unpaired) electrons. The van der Waals surface area contributed by atoms with Crippen molar-refractivity contribution < 1.29 is 18.3 Å². The van der Waals surface area contributed by atoms with Crippen LogP contribution in [0.1, 0.15) is 30.8 Å². The van der Waals surface area contributed by atoms with Crippen LogP contribution >= 0.6 is 11.6 Å². The molecule has 0 saturated heterocycles. The fourth-order valence-electron chi connectivity index (χ4n) is 2.45. The van der Waals surface area contributed by atoms with Gasteiger partial charge in [0.15, 0.2) is 10.8 Å². The predicted molar refractivity (Wildman–Crippen MR) is 95.3 cm³/mol. The molecule has 0 aliphatic carbocycles. The zero-order chi connectivity index (χ0) is 19.6. The van der Waals surface area contributed by atoms with Gasteiger partial charge in [-0.15, -0.1) is 0 Å². The largest absolute Gasteiger partial charge is 0.375 e. The van der Waals surface area contributed by atoms with Crippen LogP contribution in [0.15, 0.2) is 30.6 Å². The van der Waals surface area contributed by atoms with Gasteiger partial charge in [-0.3, -0.25) is 4.98 Å². The molecular formula is C16H15ClF2N6O2. The van der Waals surface area contributed by atoms with E-state index in [0.29, 0.717) is 17.0 Å². The highest BCUT2D eigenvalue weighted by Gasteiger charge is 2.19. The van der Waals surface area contributed by atoms with E-state index in [1.165, 1.54) is 30.1 Å². The molecule has 3 aromatic heterocycles. The second kappa shape index (κ2) is 7.80. The molecule has 2 amide bonds. The van der Waals surface area contributed by atoms with E-state index in [2.05, 4.69) is 25.7 Å². The SMILES string of the molecule is COC(C)c1c(NC(=O)Nc2ccnc(C(F)F)c2)cnc2cc(Cl)nn12. The van der Waals surface area contributed by atoms with Gasteiger partial charge in [-0.05, 0) is 19.1 Å². The van der Waals surface area contributed by atoms with Gasteiger partial charge in [0.1, 0.15) is 5.69 Å². The molecule has 0 spiro atoms. The number of halogens is 3. The summed E-state index contributed by atoms with van der Waals surface area (Å²) in [6.45, 7) is 1.77. The minimum atomic E-state index is -2.74. The van der Waals surface area contributed by atoms with Crippen LogP contribution in [-0.2, 0) is 4.74 Å². The summed E-state index contributed by atoms with van der Waals surface area (Å²) in [5.41, 5.74) is 1.08. The van der Waals surface area contributed by atoms with E-state index in [1.54, 1.807) is 13.0 Å². The van der Waals surface area contributed by atoms with Crippen molar-refractivity contribution in [2.45, 2.75) is 19.5 Å². The predicted octanol–water partition coefficient (Wildman–Crippen LogP) is 4.07. The normalized spacial score (nSPS) is 12.4. The number of aromatic nitrogens is 4. The second-order valence-electron chi connectivity index (χ2n) is 5.52. The topological polar surface area (TPSA) is 93.4 Å². The molecular weight excluding hydrogens is 382 g/mol. The standard InChI is InChI=1S/C16H15ClF2N6O2/c1-8(27-2)14-11(7-21-13-6-12(17)24-25(13)14)23-16(26)22-9-3-4-20-10(5-9)15(18)19/h3-8,15H,1-2H3,(H2,20,22,23,26). The number of ether oxygens (including phenoxy) is 1. The zero-order valence-corrected chi connectivity index (χ0v) is 15.0. The second-order valence-corrected chi connectivity index (χ2v) is 5.91. The average Bonchev–Trinajstić information content (AvgIpc) is 3.01.